The second-order valence-electron chi connectivity index (χ2n) is 14.7. The van der Waals surface area contributed by atoms with E-state index < -0.39 is 0 Å². The standard InChI is InChI=1S/C31H50O3/c1-19(2)20-11-16-31(26(33)34-8)18-17-29(6)21(25(20)31)9-10-23-28(5)14-13-24(32)27(3,4)22(28)12-15-30(23,29)7/h20-25,32H,1,9-18H2,2-8H3/t20-,21?,22?,23?,24+,25?,28-,29+,30+,31-/m0/s1. The lowest BCUT2D eigenvalue weighted by atomic mass is 9.32. The number of carbonyl (C=O) groups is 1. The third kappa shape index (κ3) is 2.83. The number of rotatable bonds is 2. The van der Waals surface area contributed by atoms with Crippen molar-refractivity contribution in [2.75, 3.05) is 7.11 Å². The average Bonchev–Trinajstić information content (AvgIpc) is 3.18. The van der Waals surface area contributed by atoms with E-state index in [0.29, 0.717) is 35.0 Å². The first-order valence-electron chi connectivity index (χ1n) is 14.2. The van der Waals surface area contributed by atoms with Gasteiger partial charge in [0, 0.05) is 0 Å². The second-order valence-corrected chi connectivity index (χ2v) is 14.7. The number of carbonyl (C=O) groups excluding carboxylic acids is 1. The molecule has 3 heteroatoms. The van der Waals surface area contributed by atoms with Crippen molar-refractivity contribution in [3.63, 3.8) is 0 Å². The summed E-state index contributed by atoms with van der Waals surface area (Å²) in [6.07, 6.45) is 11.1. The Kier molecular flexibility index (Phi) is 5.55. The lowest BCUT2D eigenvalue weighted by Crippen LogP contribution is -2.67. The van der Waals surface area contributed by atoms with Crippen LogP contribution in [0.3, 0.4) is 0 Å². The number of aliphatic hydroxyl groups is 1. The smallest absolute Gasteiger partial charge is 0.312 e. The van der Waals surface area contributed by atoms with Crippen LogP contribution in [-0.2, 0) is 9.53 Å². The summed E-state index contributed by atoms with van der Waals surface area (Å²) in [5.41, 5.74) is 1.78. The number of hydrogen-bond acceptors (Lipinski definition) is 3. The fraction of sp³-hybridized carbons (Fsp3) is 0.903. The molecule has 0 radical (unpaired) electrons. The van der Waals surface area contributed by atoms with Gasteiger partial charge in [-0.2, -0.15) is 0 Å². The van der Waals surface area contributed by atoms with Crippen LogP contribution < -0.4 is 0 Å². The highest BCUT2D eigenvalue weighted by molar-refractivity contribution is 5.78. The van der Waals surface area contributed by atoms with E-state index in [0.717, 1.165) is 38.5 Å². The molecule has 1 N–H and O–H groups in total. The lowest BCUT2D eigenvalue weighted by molar-refractivity contribution is -0.248. The number of fused-ring (bicyclic) bond motifs is 7. The summed E-state index contributed by atoms with van der Waals surface area (Å²) in [6.45, 7) is 19.1. The van der Waals surface area contributed by atoms with Crippen molar-refractivity contribution < 1.29 is 14.6 Å². The van der Waals surface area contributed by atoms with Crippen molar-refractivity contribution in [3.05, 3.63) is 12.2 Å². The first-order valence-corrected chi connectivity index (χ1v) is 14.2. The van der Waals surface area contributed by atoms with Gasteiger partial charge in [0.1, 0.15) is 0 Å². The van der Waals surface area contributed by atoms with E-state index in [-0.39, 0.29) is 33.7 Å². The normalized spacial score (nSPS) is 53.6. The minimum Gasteiger partial charge on any atom is -0.469 e. The topological polar surface area (TPSA) is 46.5 Å². The number of methoxy groups -OCH3 is 1. The first-order chi connectivity index (χ1) is 15.8. The Hall–Kier alpha value is -0.830. The van der Waals surface area contributed by atoms with Gasteiger partial charge in [-0.15, -0.1) is 0 Å². The summed E-state index contributed by atoms with van der Waals surface area (Å²) < 4.78 is 5.49. The third-order valence-electron chi connectivity index (χ3n) is 13.6. The van der Waals surface area contributed by atoms with Gasteiger partial charge in [-0.1, -0.05) is 46.8 Å². The van der Waals surface area contributed by atoms with E-state index in [1.807, 2.05) is 0 Å². The molecule has 0 bridgehead atoms. The highest BCUT2D eigenvalue weighted by Gasteiger charge is 2.72. The molecule has 10 atom stereocenters. The summed E-state index contributed by atoms with van der Waals surface area (Å²) in [5, 5.41) is 10.9. The molecular formula is C31H50O3. The molecule has 0 amide bonds. The zero-order valence-electron chi connectivity index (χ0n) is 23.0. The molecule has 5 fully saturated rings. The third-order valence-corrected chi connectivity index (χ3v) is 13.6. The summed E-state index contributed by atoms with van der Waals surface area (Å²) in [5.74, 6) is 2.72. The van der Waals surface area contributed by atoms with Crippen LogP contribution in [0.25, 0.3) is 0 Å². The lowest BCUT2D eigenvalue weighted by Gasteiger charge is -2.72. The van der Waals surface area contributed by atoms with Crippen molar-refractivity contribution in [2.45, 2.75) is 112 Å². The molecular weight excluding hydrogens is 420 g/mol. The minimum absolute atomic E-state index is 0.00478. The largest absolute Gasteiger partial charge is 0.469 e. The van der Waals surface area contributed by atoms with Gasteiger partial charge in [-0.3, -0.25) is 4.79 Å². The summed E-state index contributed by atoms with van der Waals surface area (Å²) in [4.78, 5) is 13.3. The number of hydrogen-bond donors (Lipinski definition) is 1. The minimum atomic E-state index is -0.302. The van der Waals surface area contributed by atoms with E-state index in [4.69, 9.17) is 4.74 Å². The summed E-state index contributed by atoms with van der Waals surface area (Å²) in [6, 6.07) is 0. The maximum absolute atomic E-state index is 13.3. The molecule has 0 heterocycles. The number of allylic oxidation sites excluding steroid dienone is 1. The molecule has 4 unspecified atom stereocenters. The van der Waals surface area contributed by atoms with Gasteiger partial charge >= 0.3 is 5.97 Å². The van der Waals surface area contributed by atoms with E-state index in [9.17, 15) is 9.90 Å². The van der Waals surface area contributed by atoms with E-state index >= 15 is 0 Å². The van der Waals surface area contributed by atoms with Gasteiger partial charge in [0.25, 0.3) is 0 Å². The molecule has 5 aliphatic rings. The molecule has 5 saturated carbocycles. The number of aliphatic hydroxyl groups excluding tert-OH is 1. The van der Waals surface area contributed by atoms with Gasteiger partial charge in [0.15, 0.2) is 0 Å². The van der Waals surface area contributed by atoms with Crippen LogP contribution in [0.2, 0.25) is 0 Å². The Balaban J connectivity index is 1.56. The number of ether oxygens (including phenoxy) is 1. The maximum atomic E-state index is 13.3. The van der Waals surface area contributed by atoms with Crippen molar-refractivity contribution in [2.24, 2.45) is 56.7 Å². The highest BCUT2D eigenvalue weighted by Crippen LogP contribution is 2.77. The van der Waals surface area contributed by atoms with E-state index in [2.05, 4.69) is 48.1 Å². The van der Waals surface area contributed by atoms with Crippen molar-refractivity contribution in [1.82, 2.24) is 0 Å². The SMILES string of the molecule is C=C(C)[C@@H]1CC[C@]2(C(=O)OC)CC[C@]3(C)C(CCC4[C@@]5(C)CC[C@@H](O)C(C)(C)C5CC[C@]43C)C12. The van der Waals surface area contributed by atoms with Gasteiger partial charge in [0.05, 0.1) is 18.6 Å². The van der Waals surface area contributed by atoms with Crippen molar-refractivity contribution in [1.29, 1.82) is 0 Å². The second kappa shape index (κ2) is 7.59. The molecule has 0 aliphatic heterocycles. The molecule has 5 rings (SSSR count). The Labute approximate surface area is 208 Å². The maximum Gasteiger partial charge on any atom is 0.312 e. The van der Waals surface area contributed by atoms with Crippen molar-refractivity contribution in [3.8, 4) is 0 Å². The van der Waals surface area contributed by atoms with Crippen LogP contribution in [0, 0.1) is 56.7 Å². The molecule has 192 valence electrons. The molecule has 5 aliphatic carbocycles. The quantitative estimate of drug-likeness (QED) is 0.343. The molecule has 0 aromatic rings. The Morgan fingerprint density at radius 3 is 2.21 bits per heavy atom. The van der Waals surface area contributed by atoms with Crippen LogP contribution in [0.5, 0.6) is 0 Å². The molecule has 0 saturated heterocycles. The predicted molar refractivity (Wildman–Crippen MR) is 137 cm³/mol. The molecule has 0 spiro atoms. The highest BCUT2D eigenvalue weighted by atomic mass is 16.5. The zero-order chi connectivity index (χ0) is 24.9. The molecule has 34 heavy (non-hydrogen) atoms. The van der Waals surface area contributed by atoms with Gasteiger partial charge in [0.2, 0.25) is 0 Å². The molecule has 0 aromatic carbocycles. The molecule has 3 nitrogen and oxygen atoms in total. The van der Waals surface area contributed by atoms with Crippen LogP contribution in [0.4, 0.5) is 0 Å². The monoisotopic (exact) mass is 470 g/mol. The summed E-state index contributed by atoms with van der Waals surface area (Å²) >= 11 is 0. The van der Waals surface area contributed by atoms with Gasteiger partial charge in [-0.05, 0) is 122 Å². The fourth-order valence-corrected chi connectivity index (χ4v) is 11.7. The van der Waals surface area contributed by atoms with Crippen LogP contribution in [-0.4, -0.2) is 24.3 Å². The number of esters is 1. The Bertz CT molecular complexity index is 876. The Morgan fingerprint density at radius 2 is 1.56 bits per heavy atom. The van der Waals surface area contributed by atoms with Crippen molar-refractivity contribution >= 4 is 5.97 Å². The van der Waals surface area contributed by atoms with Gasteiger partial charge < -0.3 is 9.84 Å². The average molecular weight is 471 g/mol. The summed E-state index contributed by atoms with van der Waals surface area (Å²) in [7, 11) is 1.59. The zero-order valence-corrected chi connectivity index (χ0v) is 23.0. The van der Waals surface area contributed by atoms with E-state index in [1.165, 1.54) is 31.3 Å². The predicted octanol–water partition coefficient (Wildman–Crippen LogP) is 7.18. The molecule has 0 aromatic heterocycles. The van der Waals surface area contributed by atoms with Crippen LogP contribution in [0.1, 0.15) is 106 Å². The van der Waals surface area contributed by atoms with E-state index in [1.54, 1.807) is 7.11 Å². The Morgan fingerprint density at radius 1 is 0.853 bits per heavy atom. The fourth-order valence-electron chi connectivity index (χ4n) is 11.7. The van der Waals surface area contributed by atoms with Gasteiger partial charge in [-0.25, -0.2) is 0 Å². The van der Waals surface area contributed by atoms with Crippen LogP contribution in [0.15, 0.2) is 12.2 Å². The first kappa shape index (κ1) is 24.8. The van der Waals surface area contributed by atoms with Crippen LogP contribution >= 0.6 is 0 Å².